The third-order valence-corrected chi connectivity index (χ3v) is 4.60. The molecule has 0 aromatic heterocycles. The maximum Gasteiger partial charge on any atom is 0.251 e. The van der Waals surface area contributed by atoms with Crippen molar-refractivity contribution in [3.8, 4) is 0 Å². The normalized spacial score (nSPS) is 16.5. The molecule has 0 aliphatic heterocycles. The van der Waals surface area contributed by atoms with Crippen molar-refractivity contribution < 1.29 is 14.7 Å². The predicted molar refractivity (Wildman–Crippen MR) is 98.5 cm³/mol. The molecule has 138 valence electrons. The maximum atomic E-state index is 12.2. The van der Waals surface area contributed by atoms with Crippen molar-refractivity contribution in [3.63, 3.8) is 0 Å². The molecular weight excluding hydrogens is 316 g/mol. The van der Waals surface area contributed by atoms with E-state index in [2.05, 4.69) is 31.4 Å². The lowest BCUT2D eigenvalue weighted by Gasteiger charge is -2.19. The van der Waals surface area contributed by atoms with E-state index in [9.17, 15) is 14.7 Å². The first-order valence-corrected chi connectivity index (χ1v) is 9.11. The average Bonchev–Trinajstić information content (AvgIpc) is 3.11. The molecule has 2 amide bonds. The van der Waals surface area contributed by atoms with E-state index in [0.717, 1.165) is 25.7 Å². The van der Waals surface area contributed by atoms with Crippen molar-refractivity contribution in [1.82, 2.24) is 10.6 Å². The number of aliphatic hydroxyl groups is 1. The highest BCUT2D eigenvalue weighted by Gasteiger charge is 2.23. The Kier molecular flexibility index (Phi) is 6.59. The molecule has 3 N–H and O–H groups in total. The summed E-state index contributed by atoms with van der Waals surface area (Å²) in [7, 11) is 0. The number of carbonyl (C=O) groups is 2. The molecule has 1 saturated carbocycles. The fourth-order valence-corrected chi connectivity index (χ4v) is 3.03. The Hall–Kier alpha value is -1.88. The molecule has 0 bridgehead atoms. The second-order valence-corrected chi connectivity index (χ2v) is 8.14. The molecule has 1 unspecified atom stereocenters. The summed E-state index contributed by atoms with van der Waals surface area (Å²) in [6.07, 6.45) is 3.92. The highest BCUT2D eigenvalue weighted by Crippen LogP contribution is 2.27. The monoisotopic (exact) mass is 346 g/mol. The van der Waals surface area contributed by atoms with Crippen LogP contribution in [0.3, 0.4) is 0 Å². The van der Waals surface area contributed by atoms with Gasteiger partial charge in [0.1, 0.15) is 0 Å². The molecule has 25 heavy (non-hydrogen) atoms. The summed E-state index contributed by atoms with van der Waals surface area (Å²) >= 11 is 0. The van der Waals surface area contributed by atoms with Crippen LogP contribution in [-0.2, 0) is 0 Å². The molecule has 0 heterocycles. The van der Waals surface area contributed by atoms with Crippen molar-refractivity contribution in [1.29, 1.82) is 0 Å². The first kappa shape index (κ1) is 19.4. The van der Waals surface area contributed by atoms with Crippen molar-refractivity contribution in [2.75, 3.05) is 13.1 Å². The number of nitrogens with one attached hydrogen (secondary N) is 2. The van der Waals surface area contributed by atoms with Crippen LogP contribution in [0.15, 0.2) is 24.3 Å². The predicted octanol–water partition coefficient (Wildman–Crippen LogP) is 2.74. The number of carbonyl (C=O) groups excluding carboxylic acids is 2. The third-order valence-electron chi connectivity index (χ3n) is 4.60. The smallest absolute Gasteiger partial charge is 0.251 e. The molecule has 0 saturated heterocycles. The van der Waals surface area contributed by atoms with Crippen molar-refractivity contribution in [3.05, 3.63) is 35.4 Å². The van der Waals surface area contributed by atoms with E-state index >= 15 is 0 Å². The molecule has 1 fully saturated rings. The summed E-state index contributed by atoms with van der Waals surface area (Å²) in [6.45, 7) is 7.03. The Morgan fingerprint density at radius 3 is 2.00 bits per heavy atom. The van der Waals surface area contributed by atoms with Gasteiger partial charge in [0, 0.05) is 24.2 Å². The van der Waals surface area contributed by atoms with Gasteiger partial charge in [-0.25, -0.2) is 0 Å². The molecule has 0 spiro atoms. The van der Waals surface area contributed by atoms with Gasteiger partial charge in [0.2, 0.25) is 0 Å². The van der Waals surface area contributed by atoms with E-state index in [1.165, 1.54) is 0 Å². The zero-order valence-electron chi connectivity index (χ0n) is 15.5. The van der Waals surface area contributed by atoms with Crippen molar-refractivity contribution >= 4 is 11.8 Å². The molecule has 5 nitrogen and oxygen atoms in total. The van der Waals surface area contributed by atoms with Crippen LogP contribution in [0.5, 0.6) is 0 Å². The molecule has 5 heteroatoms. The Bertz CT molecular complexity index is 584. The number of aliphatic hydroxyl groups excluding tert-OH is 1. The number of benzene rings is 1. The van der Waals surface area contributed by atoms with Gasteiger partial charge in [0.15, 0.2) is 0 Å². The largest absolute Gasteiger partial charge is 0.391 e. The molecule has 1 aliphatic rings. The number of rotatable bonds is 6. The van der Waals surface area contributed by atoms with E-state index in [-0.39, 0.29) is 23.8 Å². The number of hydrogen-bond donors (Lipinski definition) is 3. The Morgan fingerprint density at radius 2 is 1.52 bits per heavy atom. The first-order valence-electron chi connectivity index (χ1n) is 9.11. The minimum absolute atomic E-state index is 0.0235. The second kappa shape index (κ2) is 8.48. The van der Waals surface area contributed by atoms with Gasteiger partial charge in [-0.05, 0) is 48.4 Å². The fraction of sp³-hybridized carbons (Fsp3) is 0.600. The summed E-state index contributed by atoms with van der Waals surface area (Å²) in [5.41, 5.74) is 1.05. The molecule has 0 radical (unpaired) electrons. The summed E-state index contributed by atoms with van der Waals surface area (Å²) in [5.74, 6) is -0.0635. The lowest BCUT2D eigenvalue weighted by molar-refractivity contribution is 0.0840. The van der Waals surface area contributed by atoms with Gasteiger partial charge in [-0.3, -0.25) is 9.59 Å². The molecule has 1 aromatic rings. The molecule has 1 atom stereocenters. The highest BCUT2D eigenvalue weighted by molar-refractivity contribution is 5.97. The van der Waals surface area contributed by atoms with Crippen molar-refractivity contribution in [2.24, 2.45) is 11.3 Å². The van der Waals surface area contributed by atoms with Crippen LogP contribution in [0.4, 0.5) is 0 Å². The fourth-order valence-electron chi connectivity index (χ4n) is 3.03. The first-order chi connectivity index (χ1) is 11.8. The van der Waals surface area contributed by atoms with Gasteiger partial charge in [-0.1, -0.05) is 33.6 Å². The van der Waals surface area contributed by atoms with Crippen LogP contribution in [0.2, 0.25) is 0 Å². The molecular formula is C20H30N2O3. The number of hydrogen-bond acceptors (Lipinski definition) is 3. The average molecular weight is 346 g/mol. The van der Waals surface area contributed by atoms with Crippen molar-refractivity contribution in [2.45, 2.75) is 52.6 Å². The SMILES string of the molecule is CC(C)(C)CNC(=O)c1ccc(C(=O)NCC(O)C2CCCC2)cc1. The Morgan fingerprint density at radius 1 is 1.04 bits per heavy atom. The van der Waals surface area contributed by atoms with Crippen LogP contribution >= 0.6 is 0 Å². The number of amides is 2. The highest BCUT2D eigenvalue weighted by atomic mass is 16.3. The van der Waals surface area contributed by atoms with E-state index in [1.54, 1.807) is 24.3 Å². The second-order valence-electron chi connectivity index (χ2n) is 8.14. The van der Waals surface area contributed by atoms with Crippen LogP contribution in [0.1, 0.15) is 67.2 Å². The zero-order chi connectivity index (χ0) is 18.4. The van der Waals surface area contributed by atoms with Gasteiger partial charge < -0.3 is 15.7 Å². The topological polar surface area (TPSA) is 78.4 Å². The van der Waals surface area contributed by atoms with Crippen LogP contribution < -0.4 is 10.6 Å². The minimum Gasteiger partial charge on any atom is -0.391 e. The van der Waals surface area contributed by atoms with E-state index < -0.39 is 6.10 Å². The third kappa shape index (κ3) is 6.16. The van der Waals surface area contributed by atoms with Gasteiger partial charge in [0.25, 0.3) is 11.8 Å². The Labute approximate surface area is 150 Å². The van der Waals surface area contributed by atoms with Gasteiger partial charge >= 0.3 is 0 Å². The minimum atomic E-state index is -0.478. The van der Waals surface area contributed by atoms with Crippen LogP contribution in [0, 0.1) is 11.3 Å². The zero-order valence-corrected chi connectivity index (χ0v) is 15.5. The quantitative estimate of drug-likeness (QED) is 0.741. The molecule has 2 rings (SSSR count). The summed E-state index contributed by atoms with van der Waals surface area (Å²) in [6, 6.07) is 6.59. The standard InChI is InChI=1S/C20H30N2O3/c1-20(2,3)13-22-19(25)16-10-8-15(9-11-16)18(24)21-12-17(23)14-6-4-5-7-14/h8-11,14,17,23H,4-7,12-13H2,1-3H3,(H,21,24)(H,22,25). The van der Waals surface area contributed by atoms with Gasteiger partial charge in [0.05, 0.1) is 6.10 Å². The summed E-state index contributed by atoms with van der Waals surface area (Å²) in [5, 5.41) is 15.8. The van der Waals surface area contributed by atoms with Crippen LogP contribution in [-0.4, -0.2) is 36.1 Å². The van der Waals surface area contributed by atoms with Crippen LogP contribution in [0.25, 0.3) is 0 Å². The lowest BCUT2D eigenvalue weighted by atomic mass is 9.97. The van der Waals surface area contributed by atoms with E-state index in [0.29, 0.717) is 23.6 Å². The molecule has 1 aliphatic carbocycles. The summed E-state index contributed by atoms with van der Waals surface area (Å²) in [4.78, 5) is 24.3. The van der Waals surface area contributed by atoms with Gasteiger partial charge in [-0.15, -0.1) is 0 Å². The lowest BCUT2D eigenvalue weighted by Crippen LogP contribution is -2.35. The summed E-state index contributed by atoms with van der Waals surface area (Å²) < 4.78 is 0. The van der Waals surface area contributed by atoms with E-state index in [1.807, 2.05) is 0 Å². The Balaban J connectivity index is 1.84. The van der Waals surface area contributed by atoms with E-state index in [4.69, 9.17) is 0 Å². The van der Waals surface area contributed by atoms with Gasteiger partial charge in [-0.2, -0.15) is 0 Å². The molecule has 1 aromatic carbocycles. The maximum absolute atomic E-state index is 12.2.